The summed E-state index contributed by atoms with van der Waals surface area (Å²) >= 11 is 5.90. The van der Waals surface area contributed by atoms with Crippen molar-refractivity contribution < 1.29 is 9.94 Å². The van der Waals surface area contributed by atoms with E-state index in [1.807, 2.05) is 0 Å². The van der Waals surface area contributed by atoms with Gasteiger partial charge in [-0.25, -0.2) is 0 Å². The van der Waals surface area contributed by atoms with Crippen LogP contribution in [-0.2, 0) is 0 Å². The van der Waals surface area contributed by atoms with Gasteiger partial charge in [0.25, 0.3) is 0 Å². The first kappa shape index (κ1) is 14.0. The highest BCUT2D eigenvalue weighted by Crippen LogP contribution is 2.22. The summed E-state index contributed by atoms with van der Waals surface area (Å²) in [5.74, 6) is 0.581. The number of amidine groups is 1. The van der Waals surface area contributed by atoms with Gasteiger partial charge in [0.1, 0.15) is 12.4 Å². The lowest BCUT2D eigenvalue weighted by Crippen LogP contribution is -2.25. The molecule has 1 saturated heterocycles. The molecule has 19 heavy (non-hydrogen) atoms. The van der Waals surface area contributed by atoms with E-state index in [0.717, 1.165) is 19.6 Å². The van der Waals surface area contributed by atoms with Gasteiger partial charge in [-0.3, -0.25) is 4.90 Å². The van der Waals surface area contributed by atoms with E-state index >= 15 is 0 Å². The predicted molar refractivity (Wildman–Crippen MR) is 75.1 cm³/mol. The molecule has 1 aliphatic heterocycles. The maximum absolute atomic E-state index is 8.76. The van der Waals surface area contributed by atoms with Crippen molar-refractivity contribution in [2.75, 3.05) is 26.2 Å². The van der Waals surface area contributed by atoms with Crippen LogP contribution in [0, 0.1) is 0 Å². The van der Waals surface area contributed by atoms with Crippen LogP contribution >= 0.6 is 11.6 Å². The number of rotatable bonds is 5. The molecule has 2 rings (SSSR count). The summed E-state index contributed by atoms with van der Waals surface area (Å²) in [6.45, 7) is 3.74. The average Bonchev–Trinajstić information content (AvgIpc) is 2.92. The number of hydrogen-bond donors (Lipinski definition) is 2. The highest BCUT2D eigenvalue weighted by Gasteiger charge is 2.13. The molecule has 0 aromatic heterocycles. The molecule has 0 bridgehead atoms. The predicted octanol–water partition coefficient (Wildman–Crippen LogP) is 1.91. The van der Waals surface area contributed by atoms with Gasteiger partial charge in [0.15, 0.2) is 5.84 Å². The zero-order valence-corrected chi connectivity index (χ0v) is 11.4. The van der Waals surface area contributed by atoms with Gasteiger partial charge in [0, 0.05) is 11.6 Å². The Morgan fingerprint density at radius 2 is 2.16 bits per heavy atom. The minimum atomic E-state index is -0.00123. The van der Waals surface area contributed by atoms with E-state index in [0.29, 0.717) is 22.9 Å². The fraction of sp³-hybridized carbons (Fsp3) is 0.462. The van der Waals surface area contributed by atoms with Gasteiger partial charge in [0.05, 0.1) is 5.56 Å². The molecule has 0 atom stereocenters. The molecule has 6 heteroatoms. The highest BCUT2D eigenvalue weighted by molar-refractivity contribution is 6.31. The molecule has 1 aliphatic rings. The molecule has 1 fully saturated rings. The standard InChI is InChI=1S/C13H18ClN3O2/c14-10-3-4-12(11(9-10)13(15)16-18)19-8-7-17-5-1-2-6-17/h3-4,9,18H,1-2,5-8H2,(H2,15,16). The first-order chi connectivity index (χ1) is 9.20. The first-order valence-electron chi connectivity index (χ1n) is 6.33. The van der Waals surface area contributed by atoms with Crippen molar-refractivity contribution >= 4 is 17.4 Å². The number of halogens is 1. The maximum atomic E-state index is 8.76. The molecule has 0 spiro atoms. The van der Waals surface area contributed by atoms with Crippen molar-refractivity contribution in [1.29, 1.82) is 0 Å². The number of ether oxygens (including phenoxy) is 1. The van der Waals surface area contributed by atoms with Crippen molar-refractivity contribution in [3.8, 4) is 5.75 Å². The third-order valence-corrected chi connectivity index (χ3v) is 3.42. The van der Waals surface area contributed by atoms with Crippen LogP contribution in [-0.4, -0.2) is 42.2 Å². The second-order valence-electron chi connectivity index (χ2n) is 4.52. The van der Waals surface area contributed by atoms with E-state index in [1.165, 1.54) is 12.8 Å². The van der Waals surface area contributed by atoms with Crippen LogP contribution in [0.4, 0.5) is 0 Å². The summed E-state index contributed by atoms with van der Waals surface area (Å²) in [5, 5.41) is 12.3. The Kier molecular flexibility index (Phi) is 4.87. The lowest BCUT2D eigenvalue weighted by molar-refractivity contribution is 0.237. The van der Waals surface area contributed by atoms with Gasteiger partial charge in [0.2, 0.25) is 0 Å². The summed E-state index contributed by atoms with van der Waals surface area (Å²) in [5.41, 5.74) is 6.12. The number of oxime groups is 1. The molecule has 1 heterocycles. The fourth-order valence-corrected chi connectivity index (χ4v) is 2.35. The zero-order chi connectivity index (χ0) is 13.7. The molecule has 0 amide bonds. The Morgan fingerprint density at radius 3 is 2.84 bits per heavy atom. The first-order valence-corrected chi connectivity index (χ1v) is 6.71. The maximum Gasteiger partial charge on any atom is 0.173 e. The van der Waals surface area contributed by atoms with Crippen LogP contribution < -0.4 is 10.5 Å². The minimum absolute atomic E-state index is 0.00123. The number of benzene rings is 1. The van der Waals surface area contributed by atoms with E-state index in [2.05, 4.69) is 10.1 Å². The summed E-state index contributed by atoms with van der Waals surface area (Å²) in [6, 6.07) is 5.09. The molecule has 0 saturated carbocycles. The highest BCUT2D eigenvalue weighted by atomic mass is 35.5. The Bertz CT molecular complexity index is 459. The summed E-state index contributed by atoms with van der Waals surface area (Å²) in [4.78, 5) is 2.36. The average molecular weight is 284 g/mol. The molecule has 104 valence electrons. The van der Waals surface area contributed by atoms with E-state index in [9.17, 15) is 0 Å². The van der Waals surface area contributed by atoms with Crippen LogP contribution in [0.2, 0.25) is 5.02 Å². The largest absolute Gasteiger partial charge is 0.491 e. The normalized spacial score (nSPS) is 16.8. The Morgan fingerprint density at radius 1 is 1.42 bits per heavy atom. The van der Waals surface area contributed by atoms with Gasteiger partial charge in [-0.1, -0.05) is 16.8 Å². The molecule has 0 aliphatic carbocycles. The molecular formula is C13H18ClN3O2. The van der Waals surface area contributed by atoms with Gasteiger partial charge >= 0.3 is 0 Å². The van der Waals surface area contributed by atoms with Gasteiger partial charge in [-0.2, -0.15) is 0 Å². The topological polar surface area (TPSA) is 71.1 Å². The summed E-state index contributed by atoms with van der Waals surface area (Å²) < 4.78 is 5.70. The molecular weight excluding hydrogens is 266 g/mol. The number of nitrogens with zero attached hydrogens (tertiary/aromatic N) is 2. The molecule has 1 aromatic rings. The molecule has 3 N–H and O–H groups in total. The minimum Gasteiger partial charge on any atom is -0.491 e. The van der Waals surface area contributed by atoms with Crippen LogP contribution in [0.3, 0.4) is 0 Å². The quantitative estimate of drug-likeness (QED) is 0.375. The van der Waals surface area contributed by atoms with Crippen LogP contribution in [0.5, 0.6) is 5.75 Å². The number of likely N-dealkylation sites (tertiary alicyclic amines) is 1. The molecule has 0 unspecified atom stereocenters. The smallest absolute Gasteiger partial charge is 0.173 e. The Balaban J connectivity index is 1.98. The fourth-order valence-electron chi connectivity index (χ4n) is 2.17. The SMILES string of the molecule is NC(=NO)c1cc(Cl)ccc1OCCN1CCCC1. The monoisotopic (exact) mass is 283 g/mol. The molecule has 5 nitrogen and oxygen atoms in total. The van der Waals surface area contributed by atoms with Crippen molar-refractivity contribution in [2.45, 2.75) is 12.8 Å². The van der Waals surface area contributed by atoms with Crippen LogP contribution in [0.15, 0.2) is 23.4 Å². The second kappa shape index (κ2) is 6.63. The lowest BCUT2D eigenvalue weighted by atomic mass is 10.2. The van der Waals surface area contributed by atoms with E-state index in [-0.39, 0.29) is 5.84 Å². The van der Waals surface area contributed by atoms with Crippen LogP contribution in [0.25, 0.3) is 0 Å². The molecule has 1 aromatic carbocycles. The van der Waals surface area contributed by atoms with Crippen molar-refractivity contribution in [2.24, 2.45) is 10.9 Å². The van der Waals surface area contributed by atoms with Gasteiger partial charge in [-0.15, -0.1) is 0 Å². The summed E-state index contributed by atoms with van der Waals surface area (Å²) in [6.07, 6.45) is 2.52. The van der Waals surface area contributed by atoms with E-state index in [4.69, 9.17) is 27.3 Å². The van der Waals surface area contributed by atoms with Crippen LogP contribution in [0.1, 0.15) is 18.4 Å². The third kappa shape index (κ3) is 3.75. The van der Waals surface area contributed by atoms with Gasteiger partial charge in [-0.05, 0) is 44.1 Å². The molecule has 0 radical (unpaired) electrons. The van der Waals surface area contributed by atoms with Crippen molar-refractivity contribution in [3.05, 3.63) is 28.8 Å². The van der Waals surface area contributed by atoms with Crippen molar-refractivity contribution in [3.63, 3.8) is 0 Å². The zero-order valence-electron chi connectivity index (χ0n) is 10.7. The number of nitrogens with two attached hydrogens (primary N) is 1. The second-order valence-corrected chi connectivity index (χ2v) is 4.96. The third-order valence-electron chi connectivity index (χ3n) is 3.19. The Labute approximate surface area is 117 Å². The lowest BCUT2D eigenvalue weighted by Gasteiger charge is -2.16. The number of hydrogen-bond acceptors (Lipinski definition) is 4. The van der Waals surface area contributed by atoms with Crippen molar-refractivity contribution in [1.82, 2.24) is 4.90 Å². The Hall–Kier alpha value is -1.46. The summed E-state index contributed by atoms with van der Waals surface area (Å²) in [7, 11) is 0. The van der Waals surface area contributed by atoms with Gasteiger partial charge < -0.3 is 15.7 Å². The van der Waals surface area contributed by atoms with E-state index < -0.39 is 0 Å². The van der Waals surface area contributed by atoms with E-state index in [1.54, 1.807) is 18.2 Å².